The minimum absolute atomic E-state index is 0.0588. The van der Waals surface area contributed by atoms with Crippen LogP contribution in [0.4, 0.5) is 9.18 Å². The van der Waals surface area contributed by atoms with E-state index in [-0.39, 0.29) is 17.9 Å². The third kappa shape index (κ3) is 3.72. The van der Waals surface area contributed by atoms with Gasteiger partial charge in [-0.05, 0) is 32.8 Å². The van der Waals surface area contributed by atoms with Gasteiger partial charge in [0.2, 0.25) is 0 Å². The Morgan fingerprint density at radius 2 is 1.96 bits per heavy atom. The van der Waals surface area contributed by atoms with Gasteiger partial charge in [-0.25, -0.2) is 9.18 Å². The number of nitrogens with one attached hydrogen (secondary N) is 1. The molecular weight excluding hydrogens is 307 g/mol. The molecule has 1 heterocycles. The summed E-state index contributed by atoms with van der Waals surface area (Å²) in [6.07, 6.45) is 5.28. The van der Waals surface area contributed by atoms with E-state index < -0.39 is 11.6 Å². The standard InChI is InChI=1S/C19H27FN2O2/c1-19(2)13-24-17(15-10-6-7-11-16(15)20)12-22(19)18(23)21-14-8-4-3-5-9-14/h6-7,10-11,14,17H,3-5,8-9,12-13H2,1-2H3,(H,21,23). The molecule has 2 aliphatic rings. The highest BCUT2D eigenvalue weighted by atomic mass is 19.1. The second-order valence-electron chi connectivity index (χ2n) is 7.53. The number of nitrogens with zero attached hydrogens (tertiary/aromatic N) is 1. The van der Waals surface area contributed by atoms with Gasteiger partial charge in [-0.15, -0.1) is 0 Å². The quantitative estimate of drug-likeness (QED) is 0.887. The van der Waals surface area contributed by atoms with E-state index in [0.29, 0.717) is 18.7 Å². The zero-order valence-corrected chi connectivity index (χ0v) is 14.6. The minimum atomic E-state index is -0.420. The van der Waals surface area contributed by atoms with Crippen molar-refractivity contribution in [1.29, 1.82) is 0 Å². The summed E-state index contributed by atoms with van der Waals surface area (Å²) in [7, 11) is 0. The van der Waals surface area contributed by atoms with Gasteiger partial charge in [0, 0.05) is 11.6 Å². The number of benzene rings is 1. The van der Waals surface area contributed by atoms with Crippen LogP contribution in [0.25, 0.3) is 0 Å². The van der Waals surface area contributed by atoms with Crippen molar-refractivity contribution in [3.05, 3.63) is 35.6 Å². The molecule has 1 unspecified atom stereocenters. The number of urea groups is 1. The van der Waals surface area contributed by atoms with Crippen LogP contribution in [-0.2, 0) is 4.74 Å². The van der Waals surface area contributed by atoms with Gasteiger partial charge in [-0.1, -0.05) is 37.5 Å². The summed E-state index contributed by atoms with van der Waals surface area (Å²) in [5.41, 5.74) is 0.115. The molecule has 1 N–H and O–H groups in total. The number of morpholine rings is 1. The summed E-state index contributed by atoms with van der Waals surface area (Å²) in [6, 6.07) is 6.83. The molecule has 0 spiro atoms. The maximum Gasteiger partial charge on any atom is 0.318 e. The predicted octanol–water partition coefficient (Wildman–Crippen LogP) is 4.02. The van der Waals surface area contributed by atoms with E-state index in [2.05, 4.69) is 5.32 Å². The Labute approximate surface area is 143 Å². The van der Waals surface area contributed by atoms with E-state index in [0.717, 1.165) is 12.8 Å². The molecule has 0 aromatic heterocycles. The van der Waals surface area contributed by atoms with E-state index in [1.807, 2.05) is 18.7 Å². The van der Waals surface area contributed by atoms with Gasteiger partial charge < -0.3 is 15.0 Å². The molecule has 24 heavy (non-hydrogen) atoms. The number of amides is 2. The first kappa shape index (κ1) is 17.2. The summed E-state index contributed by atoms with van der Waals surface area (Å²) in [4.78, 5) is 14.6. The minimum Gasteiger partial charge on any atom is -0.369 e. The molecular formula is C19H27FN2O2. The first-order valence-corrected chi connectivity index (χ1v) is 8.91. The van der Waals surface area contributed by atoms with Gasteiger partial charge in [-0.2, -0.15) is 0 Å². The van der Waals surface area contributed by atoms with Crippen molar-refractivity contribution in [1.82, 2.24) is 10.2 Å². The van der Waals surface area contributed by atoms with Crippen molar-refractivity contribution in [2.75, 3.05) is 13.2 Å². The molecule has 1 aromatic rings. The van der Waals surface area contributed by atoms with Gasteiger partial charge in [0.25, 0.3) is 0 Å². The van der Waals surface area contributed by atoms with Crippen molar-refractivity contribution in [3.63, 3.8) is 0 Å². The molecule has 5 heteroatoms. The average Bonchev–Trinajstić information content (AvgIpc) is 2.56. The summed E-state index contributed by atoms with van der Waals surface area (Å²) in [5.74, 6) is -0.283. The Balaban J connectivity index is 1.71. The van der Waals surface area contributed by atoms with Gasteiger partial charge in [0.1, 0.15) is 11.9 Å². The predicted molar refractivity (Wildman–Crippen MR) is 91.3 cm³/mol. The molecule has 2 fully saturated rings. The van der Waals surface area contributed by atoms with Crippen LogP contribution in [0.5, 0.6) is 0 Å². The van der Waals surface area contributed by atoms with Crippen LogP contribution in [0.3, 0.4) is 0 Å². The van der Waals surface area contributed by atoms with E-state index in [4.69, 9.17) is 4.74 Å². The Bertz CT molecular complexity index is 584. The van der Waals surface area contributed by atoms with Gasteiger partial charge in [0.15, 0.2) is 0 Å². The fourth-order valence-corrected chi connectivity index (χ4v) is 3.63. The molecule has 1 saturated heterocycles. The van der Waals surface area contributed by atoms with E-state index in [1.165, 1.54) is 25.3 Å². The molecule has 4 nitrogen and oxygen atoms in total. The molecule has 2 amide bonds. The van der Waals surface area contributed by atoms with Crippen LogP contribution in [0.2, 0.25) is 0 Å². The lowest BCUT2D eigenvalue weighted by Crippen LogP contribution is -2.60. The Morgan fingerprint density at radius 3 is 2.67 bits per heavy atom. The van der Waals surface area contributed by atoms with Gasteiger partial charge >= 0.3 is 6.03 Å². The molecule has 1 aliphatic heterocycles. The molecule has 132 valence electrons. The lowest BCUT2D eigenvalue weighted by molar-refractivity contribution is -0.0819. The monoisotopic (exact) mass is 334 g/mol. The van der Waals surface area contributed by atoms with E-state index >= 15 is 0 Å². The third-order valence-electron chi connectivity index (χ3n) is 5.15. The second kappa shape index (κ2) is 7.09. The molecule has 1 atom stereocenters. The number of hydrogen-bond donors (Lipinski definition) is 1. The largest absolute Gasteiger partial charge is 0.369 e. The van der Waals surface area contributed by atoms with Crippen LogP contribution in [0.1, 0.15) is 57.6 Å². The number of carbonyl (C=O) groups is 1. The van der Waals surface area contributed by atoms with Crippen molar-refractivity contribution in [3.8, 4) is 0 Å². The van der Waals surface area contributed by atoms with Crippen LogP contribution in [-0.4, -0.2) is 35.7 Å². The molecule has 3 rings (SSSR count). The smallest absolute Gasteiger partial charge is 0.318 e. The third-order valence-corrected chi connectivity index (χ3v) is 5.15. The van der Waals surface area contributed by atoms with Gasteiger partial charge in [-0.3, -0.25) is 0 Å². The molecule has 0 radical (unpaired) electrons. The van der Waals surface area contributed by atoms with Crippen molar-refractivity contribution >= 4 is 6.03 Å². The zero-order valence-electron chi connectivity index (χ0n) is 14.6. The Kier molecular flexibility index (Phi) is 5.09. The number of carbonyl (C=O) groups excluding carboxylic acids is 1. The Morgan fingerprint density at radius 1 is 1.25 bits per heavy atom. The van der Waals surface area contributed by atoms with Crippen LogP contribution in [0, 0.1) is 5.82 Å². The van der Waals surface area contributed by atoms with Gasteiger partial charge in [0.05, 0.1) is 18.7 Å². The maximum atomic E-state index is 14.1. The first-order chi connectivity index (χ1) is 11.5. The Hall–Kier alpha value is -1.62. The highest BCUT2D eigenvalue weighted by Crippen LogP contribution is 2.31. The molecule has 1 saturated carbocycles. The average molecular weight is 334 g/mol. The van der Waals surface area contributed by atoms with E-state index in [1.54, 1.807) is 18.2 Å². The topological polar surface area (TPSA) is 41.6 Å². The van der Waals surface area contributed by atoms with Crippen molar-refractivity contribution in [2.24, 2.45) is 0 Å². The number of rotatable bonds is 2. The molecule has 1 aromatic carbocycles. The number of ether oxygens (including phenoxy) is 1. The first-order valence-electron chi connectivity index (χ1n) is 8.91. The highest BCUT2D eigenvalue weighted by molar-refractivity contribution is 5.75. The summed E-state index contributed by atoms with van der Waals surface area (Å²) >= 11 is 0. The number of halogens is 1. The zero-order chi connectivity index (χ0) is 17.2. The maximum absolute atomic E-state index is 14.1. The summed E-state index contributed by atoms with van der Waals surface area (Å²) in [5, 5.41) is 3.17. The summed E-state index contributed by atoms with van der Waals surface area (Å²) < 4.78 is 19.9. The van der Waals surface area contributed by atoms with Crippen LogP contribution in [0.15, 0.2) is 24.3 Å². The molecule has 0 bridgehead atoms. The fraction of sp³-hybridized carbons (Fsp3) is 0.632. The van der Waals surface area contributed by atoms with Crippen molar-refractivity contribution < 1.29 is 13.9 Å². The normalized spacial score (nSPS) is 24.6. The van der Waals surface area contributed by atoms with Crippen LogP contribution >= 0.6 is 0 Å². The van der Waals surface area contributed by atoms with Crippen molar-refractivity contribution in [2.45, 2.75) is 63.6 Å². The van der Waals surface area contributed by atoms with Crippen LogP contribution < -0.4 is 5.32 Å². The lowest BCUT2D eigenvalue weighted by Gasteiger charge is -2.46. The highest BCUT2D eigenvalue weighted by Gasteiger charge is 2.39. The second-order valence-corrected chi connectivity index (χ2v) is 7.53. The lowest BCUT2D eigenvalue weighted by atomic mass is 9.95. The summed E-state index contributed by atoms with van der Waals surface area (Å²) in [6.45, 7) is 4.74. The van der Waals surface area contributed by atoms with E-state index in [9.17, 15) is 9.18 Å². The number of hydrogen-bond acceptors (Lipinski definition) is 2. The molecule has 1 aliphatic carbocycles. The SMILES string of the molecule is CC1(C)COC(c2ccccc2F)CN1C(=O)NC1CCCCC1. The fourth-order valence-electron chi connectivity index (χ4n) is 3.63.